The van der Waals surface area contributed by atoms with E-state index in [0.29, 0.717) is 0 Å². The Bertz CT molecular complexity index is 705. The van der Waals surface area contributed by atoms with Crippen molar-refractivity contribution in [2.45, 2.75) is 12.3 Å². The molecule has 2 aromatic rings. The first-order valence-electron chi connectivity index (χ1n) is 7.50. The van der Waals surface area contributed by atoms with Gasteiger partial charge in [-0.3, -0.25) is 9.59 Å². The molecule has 1 aliphatic rings. The average molecular weight is 310 g/mol. The van der Waals surface area contributed by atoms with Crippen molar-refractivity contribution in [2.75, 3.05) is 14.2 Å². The second kappa shape index (κ2) is 6.24. The SMILES string of the molecule is COC(=O)C[C@H](C(=O)OC)C1c2ccccc2-c2ccccc21. The third-order valence-electron chi connectivity index (χ3n) is 4.40. The first-order chi connectivity index (χ1) is 11.2. The number of esters is 2. The van der Waals surface area contributed by atoms with Crippen LogP contribution in [0.25, 0.3) is 11.1 Å². The lowest BCUT2D eigenvalue weighted by Gasteiger charge is -2.22. The predicted octanol–water partition coefficient (Wildman–Crippen LogP) is 3.15. The molecule has 0 aromatic heterocycles. The van der Waals surface area contributed by atoms with Crippen molar-refractivity contribution in [2.24, 2.45) is 5.92 Å². The van der Waals surface area contributed by atoms with Gasteiger partial charge in [-0.15, -0.1) is 0 Å². The van der Waals surface area contributed by atoms with Gasteiger partial charge in [0, 0.05) is 5.92 Å². The zero-order valence-corrected chi connectivity index (χ0v) is 13.1. The first-order valence-corrected chi connectivity index (χ1v) is 7.50. The summed E-state index contributed by atoms with van der Waals surface area (Å²) in [5, 5.41) is 0. The largest absolute Gasteiger partial charge is 0.469 e. The minimum Gasteiger partial charge on any atom is -0.469 e. The predicted molar refractivity (Wildman–Crippen MR) is 85.9 cm³/mol. The van der Waals surface area contributed by atoms with Gasteiger partial charge in [0.2, 0.25) is 0 Å². The van der Waals surface area contributed by atoms with Gasteiger partial charge in [-0.05, 0) is 22.3 Å². The second-order valence-corrected chi connectivity index (χ2v) is 5.56. The molecule has 2 aromatic carbocycles. The van der Waals surface area contributed by atoms with Crippen molar-refractivity contribution in [3.8, 4) is 11.1 Å². The molecular weight excluding hydrogens is 292 g/mol. The van der Waals surface area contributed by atoms with E-state index in [0.717, 1.165) is 22.3 Å². The van der Waals surface area contributed by atoms with Crippen molar-refractivity contribution in [3.05, 3.63) is 59.7 Å². The van der Waals surface area contributed by atoms with Gasteiger partial charge in [0.1, 0.15) is 0 Å². The van der Waals surface area contributed by atoms with E-state index in [1.807, 2.05) is 48.5 Å². The Morgan fingerprint density at radius 2 is 1.43 bits per heavy atom. The van der Waals surface area contributed by atoms with E-state index in [1.54, 1.807) is 0 Å². The van der Waals surface area contributed by atoms with Gasteiger partial charge in [-0.25, -0.2) is 0 Å². The van der Waals surface area contributed by atoms with Crippen LogP contribution >= 0.6 is 0 Å². The van der Waals surface area contributed by atoms with Crippen LogP contribution in [0.15, 0.2) is 48.5 Å². The summed E-state index contributed by atoms with van der Waals surface area (Å²) in [6, 6.07) is 16.0. The molecule has 3 rings (SSSR count). The molecule has 118 valence electrons. The molecule has 0 radical (unpaired) electrons. The summed E-state index contributed by atoms with van der Waals surface area (Å²) in [6.07, 6.45) is -0.00346. The topological polar surface area (TPSA) is 52.6 Å². The van der Waals surface area contributed by atoms with E-state index in [9.17, 15) is 9.59 Å². The Labute approximate surface area is 135 Å². The summed E-state index contributed by atoms with van der Waals surface area (Å²) in [5.41, 5.74) is 4.31. The molecular formula is C19H18O4. The smallest absolute Gasteiger partial charge is 0.310 e. The van der Waals surface area contributed by atoms with Crippen molar-refractivity contribution in [1.82, 2.24) is 0 Å². The first kappa shape index (κ1) is 15.3. The van der Waals surface area contributed by atoms with Crippen molar-refractivity contribution >= 4 is 11.9 Å². The highest BCUT2D eigenvalue weighted by Gasteiger charge is 2.39. The van der Waals surface area contributed by atoms with Gasteiger partial charge in [0.05, 0.1) is 26.6 Å². The summed E-state index contributed by atoms with van der Waals surface area (Å²) in [7, 11) is 2.67. The summed E-state index contributed by atoms with van der Waals surface area (Å²) in [4.78, 5) is 24.1. The molecule has 0 saturated carbocycles. The number of benzene rings is 2. The Kier molecular flexibility index (Phi) is 4.15. The van der Waals surface area contributed by atoms with Crippen LogP contribution in [0.3, 0.4) is 0 Å². The molecule has 0 spiro atoms. The highest BCUT2D eigenvalue weighted by molar-refractivity contribution is 5.86. The van der Waals surface area contributed by atoms with Gasteiger partial charge < -0.3 is 9.47 Å². The fourth-order valence-electron chi connectivity index (χ4n) is 3.38. The number of methoxy groups -OCH3 is 2. The lowest BCUT2D eigenvalue weighted by molar-refractivity contribution is -0.152. The molecule has 0 aliphatic heterocycles. The van der Waals surface area contributed by atoms with E-state index in [4.69, 9.17) is 9.47 Å². The summed E-state index contributed by atoms with van der Waals surface area (Å²) in [5.74, 6) is -1.61. The fourth-order valence-corrected chi connectivity index (χ4v) is 3.38. The van der Waals surface area contributed by atoms with E-state index in [-0.39, 0.29) is 12.3 Å². The van der Waals surface area contributed by atoms with E-state index in [1.165, 1.54) is 14.2 Å². The van der Waals surface area contributed by atoms with Gasteiger partial charge >= 0.3 is 11.9 Å². The maximum absolute atomic E-state index is 12.3. The molecule has 4 heteroatoms. The van der Waals surface area contributed by atoms with Crippen LogP contribution < -0.4 is 0 Å². The van der Waals surface area contributed by atoms with E-state index >= 15 is 0 Å². The maximum atomic E-state index is 12.3. The third kappa shape index (κ3) is 2.61. The zero-order chi connectivity index (χ0) is 16.4. The number of ether oxygens (including phenoxy) is 2. The Hall–Kier alpha value is -2.62. The van der Waals surface area contributed by atoms with Crippen LogP contribution in [0.2, 0.25) is 0 Å². The maximum Gasteiger partial charge on any atom is 0.310 e. The molecule has 0 amide bonds. The Balaban J connectivity index is 2.12. The lowest BCUT2D eigenvalue weighted by Crippen LogP contribution is -2.26. The van der Waals surface area contributed by atoms with Crippen molar-refractivity contribution in [1.29, 1.82) is 0 Å². The molecule has 0 N–H and O–H groups in total. The molecule has 0 fully saturated rings. The van der Waals surface area contributed by atoms with Crippen LogP contribution in [0, 0.1) is 5.92 Å². The van der Waals surface area contributed by atoms with E-state index in [2.05, 4.69) is 0 Å². The molecule has 0 saturated heterocycles. The highest BCUT2D eigenvalue weighted by atomic mass is 16.5. The monoisotopic (exact) mass is 310 g/mol. The number of hydrogen-bond acceptors (Lipinski definition) is 4. The van der Waals surface area contributed by atoms with E-state index < -0.39 is 17.9 Å². The lowest BCUT2D eigenvalue weighted by atomic mass is 9.82. The number of fused-ring (bicyclic) bond motifs is 3. The second-order valence-electron chi connectivity index (χ2n) is 5.56. The highest BCUT2D eigenvalue weighted by Crippen LogP contribution is 2.49. The van der Waals surface area contributed by atoms with Crippen LogP contribution in [-0.4, -0.2) is 26.2 Å². The van der Waals surface area contributed by atoms with Gasteiger partial charge in [0.15, 0.2) is 0 Å². The van der Waals surface area contributed by atoms with Crippen LogP contribution in [0.5, 0.6) is 0 Å². The summed E-state index contributed by atoms with van der Waals surface area (Å²) < 4.78 is 9.72. The molecule has 0 unspecified atom stereocenters. The van der Waals surface area contributed by atoms with Gasteiger partial charge in [-0.1, -0.05) is 48.5 Å². The Morgan fingerprint density at radius 1 is 0.913 bits per heavy atom. The van der Waals surface area contributed by atoms with Crippen LogP contribution in [0.4, 0.5) is 0 Å². The molecule has 1 atom stereocenters. The third-order valence-corrected chi connectivity index (χ3v) is 4.40. The fraction of sp³-hybridized carbons (Fsp3) is 0.263. The quantitative estimate of drug-likeness (QED) is 0.814. The standard InChI is InChI=1S/C19H18O4/c1-22-17(20)11-16(19(21)23-2)18-14-9-5-3-7-12(14)13-8-4-6-10-15(13)18/h3-10,16,18H,11H2,1-2H3/t16-/m0/s1. The van der Waals surface area contributed by atoms with Crippen molar-refractivity contribution < 1.29 is 19.1 Å². The normalized spacial score (nSPS) is 13.8. The van der Waals surface area contributed by atoms with Crippen LogP contribution in [-0.2, 0) is 19.1 Å². The minimum atomic E-state index is -0.600. The number of rotatable bonds is 4. The minimum absolute atomic E-state index is 0.00346. The molecule has 23 heavy (non-hydrogen) atoms. The Morgan fingerprint density at radius 3 is 1.91 bits per heavy atom. The number of carbonyl (C=O) groups is 2. The van der Waals surface area contributed by atoms with Crippen molar-refractivity contribution in [3.63, 3.8) is 0 Å². The zero-order valence-electron chi connectivity index (χ0n) is 13.1. The molecule has 4 nitrogen and oxygen atoms in total. The molecule has 1 aliphatic carbocycles. The summed E-state index contributed by atoms with van der Waals surface area (Å²) in [6.45, 7) is 0. The number of hydrogen-bond donors (Lipinski definition) is 0. The average Bonchev–Trinajstić information content (AvgIpc) is 2.93. The molecule has 0 heterocycles. The van der Waals surface area contributed by atoms with Gasteiger partial charge in [-0.2, -0.15) is 0 Å². The van der Waals surface area contributed by atoms with Gasteiger partial charge in [0.25, 0.3) is 0 Å². The summed E-state index contributed by atoms with van der Waals surface area (Å²) >= 11 is 0. The molecule has 0 bridgehead atoms. The number of carbonyl (C=O) groups excluding carboxylic acids is 2. The van der Waals surface area contributed by atoms with Crippen LogP contribution in [0.1, 0.15) is 23.5 Å².